The van der Waals surface area contributed by atoms with Crippen LogP contribution in [0.5, 0.6) is 0 Å². The van der Waals surface area contributed by atoms with Crippen molar-refractivity contribution in [3.05, 3.63) is 0 Å². The highest BCUT2D eigenvalue weighted by Crippen LogP contribution is 2.49. The molecule has 0 aromatic rings. The van der Waals surface area contributed by atoms with E-state index in [0.717, 1.165) is 0 Å². The summed E-state index contributed by atoms with van der Waals surface area (Å²) in [5, 5.41) is 11.8. The van der Waals surface area contributed by atoms with E-state index in [1.165, 1.54) is 9.96 Å². The second kappa shape index (κ2) is 5.03. The lowest BCUT2D eigenvalue weighted by Crippen LogP contribution is -2.55. The van der Waals surface area contributed by atoms with Crippen LogP contribution in [0, 0.1) is 11.3 Å². The fraction of sp³-hybridized carbons (Fsp3) is 0.882. The van der Waals surface area contributed by atoms with Crippen molar-refractivity contribution in [1.82, 2.24) is 9.96 Å². The van der Waals surface area contributed by atoms with Gasteiger partial charge >= 0.3 is 0 Å². The van der Waals surface area contributed by atoms with Crippen LogP contribution in [0.2, 0.25) is 0 Å². The van der Waals surface area contributed by atoms with Crippen molar-refractivity contribution < 1.29 is 14.8 Å². The van der Waals surface area contributed by atoms with Crippen LogP contribution in [0.1, 0.15) is 67.7 Å². The van der Waals surface area contributed by atoms with E-state index in [1.54, 1.807) is 0 Å². The summed E-state index contributed by atoms with van der Waals surface area (Å²) in [4.78, 5) is 27.2. The van der Waals surface area contributed by atoms with Gasteiger partial charge in [-0.3, -0.25) is 14.5 Å². The highest BCUT2D eigenvalue weighted by atomic mass is 16.5. The average molecular weight is 310 g/mol. The summed E-state index contributed by atoms with van der Waals surface area (Å²) in [6, 6.07) is -0.292. The molecule has 2 aliphatic rings. The van der Waals surface area contributed by atoms with Gasteiger partial charge in [0.15, 0.2) is 0 Å². The molecule has 0 bridgehead atoms. The first-order chi connectivity index (χ1) is 9.91. The van der Waals surface area contributed by atoms with Crippen LogP contribution in [0.25, 0.3) is 0 Å². The summed E-state index contributed by atoms with van der Waals surface area (Å²) < 4.78 is 0. The quantitative estimate of drug-likeness (QED) is 0.814. The van der Waals surface area contributed by atoms with Crippen LogP contribution < -0.4 is 0 Å². The van der Waals surface area contributed by atoms with Crippen LogP contribution in [0.3, 0.4) is 0 Å². The summed E-state index contributed by atoms with van der Waals surface area (Å²) in [5.74, 6) is -0.0226. The maximum Gasteiger partial charge on any atom is 0.236 e. The standard InChI is InChI=1S/C17H30N2O3/c1-8-17(11(2)3)10-13(20)18(14(17)21)12-9-15(4,5)19(22)16(12,6)7/h11-12,22H,8-10H2,1-7H3. The molecule has 2 amide bonds. The Labute approximate surface area is 133 Å². The fourth-order valence-electron chi connectivity index (χ4n) is 4.37. The molecule has 1 N–H and O–H groups in total. The zero-order valence-electron chi connectivity index (χ0n) is 14.9. The third kappa shape index (κ3) is 2.13. The van der Waals surface area contributed by atoms with Gasteiger partial charge in [-0.2, -0.15) is 5.06 Å². The predicted octanol–water partition coefficient (Wildman–Crippen LogP) is 2.82. The molecule has 2 unspecified atom stereocenters. The molecule has 0 spiro atoms. The summed E-state index contributed by atoms with van der Waals surface area (Å²) in [5.41, 5.74) is -1.68. The molecular formula is C17H30N2O3. The Morgan fingerprint density at radius 3 is 2.09 bits per heavy atom. The molecule has 5 nitrogen and oxygen atoms in total. The minimum Gasteiger partial charge on any atom is -0.313 e. The number of hydrogen-bond acceptors (Lipinski definition) is 4. The molecule has 2 fully saturated rings. The van der Waals surface area contributed by atoms with Gasteiger partial charge in [0.05, 0.1) is 17.0 Å². The lowest BCUT2D eigenvalue weighted by atomic mass is 9.73. The highest BCUT2D eigenvalue weighted by Gasteiger charge is 2.61. The molecule has 2 saturated heterocycles. The lowest BCUT2D eigenvalue weighted by Gasteiger charge is -2.39. The number of carbonyl (C=O) groups excluding carboxylic acids is 2. The Morgan fingerprint density at radius 2 is 1.77 bits per heavy atom. The van der Waals surface area contributed by atoms with Gasteiger partial charge in [0.25, 0.3) is 0 Å². The van der Waals surface area contributed by atoms with Gasteiger partial charge in [0.2, 0.25) is 11.8 Å². The third-order valence-electron chi connectivity index (χ3n) is 6.06. The first-order valence-electron chi connectivity index (χ1n) is 8.27. The molecule has 0 aliphatic carbocycles. The molecule has 0 radical (unpaired) electrons. The summed E-state index contributed by atoms with van der Waals surface area (Å²) in [7, 11) is 0. The molecule has 0 saturated carbocycles. The molecule has 2 aliphatic heterocycles. The fourth-order valence-corrected chi connectivity index (χ4v) is 4.37. The van der Waals surface area contributed by atoms with Crippen molar-refractivity contribution in [2.75, 3.05) is 0 Å². The number of likely N-dealkylation sites (tertiary alicyclic amines) is 1. The van der Waals surface area contributed by atoms with Gasteiger partial charge in [0, 0.05) is 12.0 Å². The Kier molecular flexibility index (Phi) is 3.98. The zero-order valence-corrected chi connectivity index (χ0v) is 14.9. The van der Waals surface area contributed by atoms with E-state index >= 15 is 0 Å². The number of carbonyl (C=O) groups is 2. The molecule has 22 heavy (non-hydrogen) atoms. The van der Waals surface area contributed by atoms with E-state index in [1.807, 2.05) is 48.5 Å². The molecule has 5 heteroatoms. The Morgan fingerprint density at radius 1 is 1.23 bits per heavy atom. The van der Waals surface area contributed by atoms with E-state index in [9.17, 15) is 14.8 Å². The Balaban J connectivity index is 2.42. The van der Waals surface area contributed by atoms with Crippen molar-refractivity contribution in [2.45, 2.75) is 84.8 Å². The number of rotatable bonds is 3. The van der Waals surface area contributed by atoms with Gasteiger partial charge in [-0.05, 0) is 46.5 Å². The third-order valence-corrected chi connectivity index (χ3v) is 6.06. The maximum atomic E-state index is 13.1. The number of hydroxylamine groups is 2. The smallest absolute Gasteiger partial charge is 0.236 e. The number of hydrogen-bond donors (Lipinski definition) is 1. The van der Waals surface area contributed by atoms with Crippen LogP contribution in [0.4, 0.5) is 0 Å². The van der Waals surface area contributed by atoms with Gasteiger partial charge in [-0.25, -0.2) is 0 Å². The average Bonchev–Trinajstić information content (AvgIpc) is 2.74. The van der Waals surface area contributed by atoms with Crippen molar-refractivity contribution in [2.24, 2.45) is 11.3 Å². The Bertz CT molecular complexity index is 498. The summed E-state index contributed by atoms with van der Waals surface area (Å²) in [6.45, 7) is 13.7. The first-order valence-corrected chi connectivity index (χ1v) is 8.27. The van der Waals surface area contributed by atoms with Crippen LogP contribution in [-0.4, -0.2) is 44.1 Å². The molecule has 2 heterocycles. The molecular weight excluding hydrogens is 280 g/mol. The van der Waals surface area contributed by atoms with Gasteiger partial charge < -0.3 is 5.21 Å². The predicted molar refractivity (Wildman–Crippen MR) is 84.2 cm³/mol. The van der Waals surface area contributed by atoms with Crippen molar-refractivity contribution in [1.29, 1.82) is 0 Å². The maximum absolute atomic E-state index is 13.1. The Hall–Kier alpha value is -0.940. The van der Waals surface area contributed by atoms with E-state index in [2.05, 4.69) is 0 Å². The largest absolute Gasteiger partial charge is 0.313 e. The zero-order chi connectivity index (χ0) is 17.1. The van der Waals surface area contributed by atoms with Crippen molar-refractivity contribution in [3.63, 3.8) is 0 Å². The van der Waals surface area contributed by atoms with Crippen molar-refractivity contribution >= 4 is 11.8 Å². The van der Waals surface area contributed by atoms with Crippen LogP contribution in [0.15, 0.2) is 0 Å². The monoisotopic (exact) mass is 310 g/mol. The van der Waals surface area contributed by atoms with Crippen LogP contribution >= 0.6 is 0 Å². The summed E-state index contributed by atoms with van der Waals surface area (Å²) in [6.07, 6.45) is 1.55. The molecule has 126 valence electrons. The number of amides is 2. The lowest BCUT2D eigenvalue weighted by molar-refractivity contribution is -0.198. The van der Waals surface area contributed by atoms with E-state index < -0.39 is 16.5 Å². The van der Waals surface area contributed by atoms with Crippen molar-refractivity contribution in [3.8, 4) is 0 Å². The molecule has 2 atom stereocenters. The molecule has 0 aromatic heterocycles. The van der Waals surface area contributed by atoms with E-state index in [-0.39, 0.29) is 23.8 Å². The first kappa shape index (κ1) is 17.4. The normalized spacial score (nSPS) is 35.0. The summed E-state index contributed by atoms with van der Waals surface area (Å²) >= 11 is 0. The second-order valence-electron chi connectivity index (χ2n) is 8.41. The minimum absolute atomic E-state index is 0.0563. The van der Waals surface area contributed by atoms with E-state index in [0.29, 0.717) is 19.3 Å². The van der Waals surface area contributed by atoms with E-state index in [4.69, 9.17) is 0 Å². The topological polar surface area (TPSA) is 60.9 Å². The van der Waals surface area contributed by atoms with Gasteiger partial charge in [-0.1, -0.05) is 20.8 Å². The minimum atomic E-state index is -0.643. The van der Waals surface area contributed by atoms with Gasteiger partial charge in [0.1, 0.15) is 0 Å². The highest BCUT2D eigenvalue weighted by molar-refractivity contribution is 6.06. The molecule has 0 aromatic carbocycles. The molecule has 2 rings (SSSR count). The van der Waals surface area contributed by atoms with Gasteiger partial charge in [-0.15, -0.1) is 0 Å². The second-order valence-corrected chi connectivity index (χ2v) is 8.41. The SMILES string of the molecule is CCC1(C(C)C)CC(=O)N(C2CC(C)(C)N(O)C2(C)C)C1=O. The number of nitrogens with zero attached hydrogens (tertiary/aromatic N) is 2. The number of imide groups is 1. The van der Waals surface area contributed by atoms with Crippen LogP contribution in [-0.2, 0) is 9.59 Å².